The lowest BCUT2D eigenvalue weighted by molar-refractivity contribution is 0.497. The van der Waals surface area contributed by atoms with E-state index in [9.17, 15) is 13.2 Å². The molecule has 0 fully saturated rings. The van der Waals surface area contributed by atoms with Crippen LogP contribution in [0.25, 0.3) is 0 Å². The molecular formula is C13H14F3N. The van der Waals surface area contributed by atoms with E-state index in [1.54, 1.807) is 0 Å². The third kappa shape index (κ3) is 3.02. The first-order valence-electron chi connectivity index (χ1n) is 5.70. The molecule has 1 unspecified atom stereocenters. The maximum absolute atomic E-state index is 13.3. The maximum Gasteiger partial charge on any atom is 0.152 e. The number of nitrogens with one attached hydrogen (secondary N) is 1. The van der Waals surface area contributed by atoms with Gasteiger partial charge in [0.25, 0.3) is 0 Å². The highest BCUT2D eigenvalue weighted by Crippen LogP contribution is 2.23. The molecule has 92 valence electrons. The van der Waals surface area contributed by atoms with Gasteiger partial charge in [-0.25, -0.2) is 13.2 Å². The van der Waals surface area contributed by atoms with E-state index in [1.807, 2.05) is 0 Å². The number of benzene rings is 1. The monoisotopic (exact) mass is 241 g/mol. The molecule has 1 aliphatic rings. The number of halogens is 3. The van der Waals surface area contributed by atoms with Crippen molar-refractivity contribution in [2.75, 3.05) is 11.9 Å². The molecular weight excluding hydrogens is 227 g/mol. The Morgan fingerprint density at radius 2 is 1.82 bits per heavy atom. The van der Waals surface area contributed by atoms with Gasteiger partial charge in [0.15, 0.2) is 11.6 Å². The number of hydrogen-bond acceptors (Lipinski definition) is 1. The van der Waals surface area contributed by atoms with Crippen LogP contribution in [-0.2, 0) is 0 Å². The minimum atomic E-state index is -0.897. The fourth-order valence-corrected chi connectivity index (χ4v) is 2.00. The summed E-state index contributed by atoms with van der Waals surface area (Å²) < 4.78 is 39.3. The number of rotatable bonds is 3. The molecule has 0 heterocycles. The highest BCUT2D eigenvalue weighted by atomic mass is 19.1. The third-order valence-electron chi connectivity index (χ3n) is 2.95. The first kappa shape index (κ1) is 12.0. The van der Waals surface area contributed by atoms with Crippen molar-refractivity contribution >= 4 is 5.69 Å². The molecule has 0 bridgehead atoms. The summed E-state index contributed by atoms with van der Waals surface area (Å²) in [6.45, 7) is 0.504. The SMILES string of the molecule is Fc1cc(F)c(NCC2CC=CCC2)c(F)c1. The Labute approximate surface area is 98.3 Å². The van der Waals surface area contributed by atoms with Crippen molar-refractivity contribution in [2.24, 2.45) is 5.92 Å². The van der Waals surface area contributed by atoms with E-state index in [1.165, 1.54) is 0 Å². The molecule has 0 saturated heterocycles. The maximum atomic E-state index is 13.3. The van der Waals surface area contributed by atoms with Crippen LogP contribution >= 0.6 is 0 Å². The normalized spacial score (nSPS) is 19.4. The van der Waals surface area contributed by atoms with Crippen LogP contribution in [-0.4, -0.2) is 6.54 Å². The van der Waals surface area contributed by atoms with Crippen LogP contribution < -0.4 is 5.32 Å². The van der Waals surface area contributed by atoms with E-state index in [-0.39, 0.29) is 5.69 Å². The average Bonchev–Trinajstić information content (AvgIpc) is 2.29. The van der Waals surface area contributed by atoms with Crippen molar-refractivity contribution in [3.63, 3.8) is 0 Å². The lowest BCUT2D eigenvalue weighted by atomic mass is 9.94. The lowest BCUT2D eigenvalue weighted by Crippen LogP contribution is -2.16. The molecule has 0 aliphatic heterocycles. The Kier molecular flexibility index (Phi) is 3.71. The molecule has 1 nitrogen and oxygen atoms in total. The van der Waals surface area contributed by atoms with E-state index in [2.05, 4.69) is 17.5 Å². The van der Waals surface area contributed by atoms with Gasteiger partial charge >= 0.3 is 0 Å². The van der Waals surface area contributed by atoms with Crippen molar-refractivity contribution < 1.29 is 13.2 Å². The molecule has 0 amide bonds. The van der Waals surface area contributed by atoms with E-state index in [0.717, 1.165) is 19.3 Å². The van der Waals surface area contributed by atoms with Crippen LogP contribution in [0.15, 0.2) is 24.3 Å². The van der Waals surface area contributed by atoms with Gasteiger partial charge in [-0.15, -0.1) is 0 Å². The van der Waals surface area contributed by atoms with Gasteiger partial charge < -0.3 is 5.32 Å². The molecule has 0 saturated carbocycles. The largest absolute Gasteiger partial charge is 0.380 e. The summed E-state index contributed by atoms with van der Waals surface area (Å²) in [4.78, 5) is 0. The average molecular weight is 241 g/mol. The first-order chi connectivity index (χ1) is 8.16. The van der Waals surface area contributed by atoms with Gasteiger partial charge in [-0.2, -0.15) is 0 Å². The van der Waals surface area contributed by atoms with Crippen molar-refractivity contribution in [3.05, 3.63) is 41.7 Å². The van der Waals surface area contributed by atoms with Crippen molar-refractivity contribution in [3.8, 4) is 0 Å². The molecule has 1 N–H and O–H groups in total. The Morgan fingerprint density at radius 3 is 2.41 bits per heavy atom. The van der Waals surface area contributed by atoms with Gasteiger partial charge in [0, 0.05) is 18.7 Å². The van der Waals surface area contributed by atoms with Gasteiger partial charge in [0.05, 0.1) is 0 Å². The van der Waals surface area contributed by atoms with E-state index in [0.29, 0.717) is 24.6 Å². The summed E-state index contributed by atoms with van der Waals surface area (Å²) in [5.41, 5.74) is -0.235. The predicted octanol–water partition coefficient (Wildman–Crippen LogP) is 3.87. The smallest absolute Gasteiger partial charge is 0.152 e. The predicted molar refractivity (Wildman–Crippen MR) is 61.3 cm³/mol. The second-order valence-electron chi connectivity index (χ2n) is 4.28. The van der Waals surface area contributed by atoms with Gasteiger partial charge in [-0.05, 0) is 25.2 Å². The summed E-state index contributed by atoms with van der Waals surface area (Å²) in [6, 6.07) is 1.37. The standard InChI is InChI=1S/C13H14F3N/c14-10-6-11(15)13(12(16)7-10)17-8-9-4-2-1-3-5-9/h1-2,6-7,9,17H,3-5,8H2. The molecule has 1 aliphatic carbocycles. The molecule has 0 spiro atoms. The van der Waals surface area contributed by atoms with E-state index >= 15 is 0 Å². The zero-order valence-electron chi connectivity index (χ0n) is 9.35. The van der Waals surface area contributed by atoms with Crippen LogP contribution in [0.2, 0.25) is 0 Å². The number of hydrogen-bond donors (Lipinski definition) is 1. The Hall–Kier alpha value is -1.45. The summed E-state index contributed by atoms with van der Waals surface area (Å²) in [5.74, 6) is -2.28. The summed E-state index contributed by atoms with van der Waals surface area (Å²) in [7, 11) is 0. The molecule has 1 aromatic carbocycles. The third-order valence-corrected chi connectivity index (χ3v) is 2.95. The Bertz CT molecular complexity index is 406. The van der Waals surface area contributed by atoms with Gasteiger partial charge in [-0.3, -0.25) is 0 Å². The Morgan fingerprint density at radius 1 is 1.12 bits per heavy atom. The molecule has 1 atom stereocenters. The van der Waals surface area contributed by atoms with Crippen LogP contribution in [0.1, 0.15) is 19.3 Å². The second-order valence-corrected chi connectivity index (χ2v) is 4.28. The molecule has 2 rings (SSSR count). The zero-order chi connectivity index (χ0) is 12.3. The number of allylic oxidation sites excluding steroid dienone is 2. The van der Waals surface area contributed by atoms with Gasteiger partial charge in [-0.1, -0.05) is 12.2 Å². The molecule has 0 aromatic heterocycles. The van der Waals surface area contributed by atoms with Crippen LogP contribution in [0.4, 0.5) is 18.9 Å². The first-order valence-corrected chi connectivity index (χ1v) is 5.70. The fourth-order valence-electron chi connectivity index (χ4n) is 2.00. The summed E-state index contributed by atoms with van der Waals surface area (Å²) >= 11 is 0. The fraction of sp³-hybridized carbons (Fsp3) is 0.385. The van der Waals surface area contributed by atoms with E-state index in [4.69, 9.17) is 0 Å². The van der Waals surface area contributed by atoms with Gasteiger partial charge in [0.2, 0.25) is 0 Å². The zero-order valence-corrected chi connectivity index (χ0v) is 9.35. The topological polar surface area (TPSA) is 12.0 Å². The minimum Gasteiger partial charge on any atom is -0.380 e. The quantitative estimate of drug-likeness (QED) is 0.792. The van der Waals surface area contributed by atoms with Crippen LogP contribution in [0.5, 0.6) is 0 Å². The second kappa shape index (κ2) is 5.25. The summed E-state index contributed by atoms with van der Waals surface area (Å²) in [6.07, 6.45) is 7.11. The minimum absolute atomic E-state index is 0.235. The van der Waals surface area contributed by atoms with E-state index < -0.39 is 17.5 Å². The number of anilines is 1. The molecule has 4 heteroatoms. The van der Waals surface area contributed by atoms with Crippen molar-refractivity contribution in [1.29, 1.82) is 0 Å². The molecule has 17 heavy (non-hydrogen) atoms. The lowest BCUT2D eigenvalue weighted by Gasteiger charge is -2.19. The highest BCUT2D eigenvalue weighted by Gasteiger charge is 2.14. The Balaban J connectivity index is 2.01. The van der Waals surface area contributed by atoms with Gasteiger partial charge in [0.1, 0.15) is 11.5 Å². The van der Waals surface area contributed by atoms with Crippen LogP contribution in [0, 0.1) is 23.4 Å². The van der Waals surface area contributed by atoms with Crippen LogP contribution in [0.3, 0.4) is 0 Å². The van der Waals surface area contributed by atoms with Crippen molar-refractivity contribution in [1.82, 2.24) is 0 Å². The summed E-state index contributed by atoms with van der Waals surface area (Å²) in [5, 5.41) is 2.73. The molecule has 1 aromatic rings. The van der Waals surface area contributed by atoms with Crippen molar-refractivity contribution in [2.45, 2.75) is 19.3 Å². The molecule has 0 radical (unpaired) electrons. The highest BCUT2D eigenvalue weighted by molar-refractivity contribution is 5.46.